The lowest BCUT2D eigenvalue weighted by molar-refractivity contribution is 0.504. The van der Waals surface area contributed by atoms with Crippen LogP contribution < -0.4 is 11.3 Å². The van der Waals surface area contributed by atoms with Crippen molar-refractivity contribution < 1.29 is 0 Å². The SMILES string of the molecule is NNC(CCc1ccccc1)c1ccccn1. The largest absolute Gasteiger partial charge is 0.271 e. The number of nitrogens with zero attached hydrogens (tertiary/aromatic N) is 1. The Bertz CT molecular complexity index is 428. The van der Waals surface area contributed by atoms with E-state index in [4.69, 9.17) is 5.84 Å². The quantitative estimate of drug-likeness (QED) is 0.608. The molecule has 0 saturated carbocycles. The van der Waals surface area contributed by atoms with E-state index in [0.29, 0.717) is 0 Å². The van der Waals surface area contributed by atoms with Gasteiger partial charge in [0.25, 0.3) is 0 Å². The molecule has 1 atom stereocenters. The van der Waals surface area contributed by atoms with Crippen LogP contribution in [0, 0.1) is 0 Å². The molecule has 0 spiro atoms. The van der Waals surface area contributed by atoms with Crippen LogP contribution in [0.1, 0.15) is 23.7 Å². The van der Waals surface area contributed by atoms with Crippen molar-refractivity contribution in [3.8, 4) is 0 Å². The van der Waals surface area contributed by atoms with Crippen molar-refractivity contribution in [3.05, 3.63) is 66.0 Å². The molecular weight excluding hydrogens is 210 g/mol. The van der Waals surface area contributed by atoms with Crippen molar-refractivity contribution in [2.45, 2.75) is 18.9 Å². The maximum absolute atomic E-state index is 5.58. The van der Waals surface area contributed by atoms with Crippen molar-refractivity contribution >= 4 is 0 Å². The van der Waals surface area contributed by atoms with E-state index >= 15 is 0 Å². The van der Waals surface area contributed by atoms with Gasteiger partial charge in [-0.05, 0) is 30.5 Å². The predicted molar refractivity (Wildman–Crippen MR) is 69.1 cm³/mol. The van der Waals surface area contributed by atoms with Crippen LogP contribution in [-0.4, -0.2) is 4.98 Å². The zero-order valence-corrected chi connectivity index (χ0v) is 9.71. The second-order valence-corrected chi connectivity index (χ2v) is 4.00. The Hall–Kier alpha value is -1.71. The van der Waals surface area contributed by atoms with Gasteiger partial charge >= 0.3 is 0 Å². The summed E-state index contributed by atoms with van der Waals surface area (Å²) < 4.78 is 0. The van der Waals surface area contributed by atoms with Gasteiger partial charge in [-0.15, -0.1) is 0 Å². The Morgan fingerprint density at radius 2 is 1.82 bits per heavy atom. The molecule has 17 heavy (non-hydrogen) atoms. The van der Waals surface area contributed by atoms with Crippen molar-refractivity contribution in [2.24, 2.45) is 5.84 Å². The first-order valence-corrected chi connectivity index (χ1v) is 5.81. The zero-order valence-electron chi connectivity index (χ0n) is 9.71. The van der Waals surface area contributed by atoms with Gasteiger partial charge in [-0.3, -0.25) is 16.3 Å². The molecule has 88 valence electrons. The number of hydrogen-bond acceptors (Lipinski definition) is 3. The van der Waals surface area contributed by atoms with Crippen LogP contribution in [0.2, 0.25) is 0 Å². The number of nitrogens with one attached hydrogen (secondary N) is 1. The summed E-state index contributed by atoms with van der Waals surface area (Å²) in [5.41, 5.74) is 5.14. The van der Waals surface area contributed by atoms with E-state index in [1.807, 2.05) is 24.3 Å². The molecule has 0 saturated heterocycles. The van der Waals surface area contributed by atoms with Crippen LogP contribution >= 0.6 is 0 Å². The number of benzene rings is 1. The Balaban J connectivity index is 1.97. The first-order chi connectivity index (χ1) is 8.40. The number of pyridine rings is 1. The molecule has 0 aliphatic heterocycles. The minimum absolute atomic E-state index is 0.108. The first-order valence-electron chi connectivity index (χ1n) is 5.81. The monoisotopic (exact) mass is 227 g/mol. The summed E-state index contributed by atoms with van der Waals surface area (Å²) in [5, 5.41) is 0. The van der Waals surface area contributed by atoms with Gasteiger partial charge in [0.05, 0.1) is 11.7 Å². The van der Waals surface area contributed by atoms with Gasteiger partial charge in [0.2, 0.25) is 0 Å². The molecule has 0 radical (unpaired) electrons. The van der Waals surface area contributed by atoms with E-state index in [1.54, 1.807) is 6.20 Å². The molecule has 0 bridgehead atoms. The van der Waals surface area contributed by atoms with Crippen LogP contribution in [-0.2, 0) is 6.42 Å². The average molecular weight is 227 g/mol. The highest BCUT2D eigenvalue weighted by molar-refractivity contribution is 5.16. The highest BCUT2D eigenvalue weighted by Crippen LogP contribution is 2.15. The van der Waals surface area contributed by atoms with E-state index in [0.717, 1.165) is 18.5 Å². The second-order valence-electron chi connectivity index (χ2n) is 4.00. The predicted octanol–water partition coefficient (Wildman–Crippen LogP) is 2.22. The molecule has 0 fully saturated rings. The summed E-state index contributed by atoms with van der Waals surface area (Å²) in [6.07, 6.45) is 3.73. The van der Waals surface area contributed by atoms with E-state index in [9.17, 15) is 0 Å². The Kier molecular flexibility index (Phi) is 4.24. The molecule has 1 heterocycles. The van der Waals surface area contributed by atoms with Gasteiger partial charge in [-0.2, -0.15) is 0 Å². The fraction of sp³-hybridized carbons (Fsp3) is 0.214. The molecule has 2 rings (SSSR count). The molecule has 0 amide bonds. The molecule has 1 unspecified atom stereocenters. The molecular formula is C14H17N3. The maximum Gasteiger partial charge on any atom is 0.0635 e. The third kappa shape index (κ3) is 3.37. The standard InChI is InChI=1S/C14H17N3/c15-17-14(13-8-4-5-11-16-13)10-9-12-6-2-1-3-7-12/h1-8,11,14,17H,9-10,15H2. The number of aryl methyl sites for hydroxylation is 1. The molecule has 1 aromatic heterocycles. The van der Waals surface area contributed by atoms with Crippen molar-refractivity contribution in [3.63, 3.8) is 0 Å². The van der Waals surface area contributed by atoms with Crippen LogP contribution in [0.15, 0.2) is 54.7 Å². The van der Waals surface area contributed by atoms with Gasteiger partial charge in [-0.25, -0.2) is 0 Å². The van der Waals surface area contributed by atoms with Crippen LogP contribution in [0.5, 0.6) is 0 Å². The third-order valence-corrected chi connectivity index (χ3v) is 2.81. The van der Waals surface area contributed by atoms with E-state index < -0.39 is 0 Å². The summed E-state index contributed by atoms with van der Waals surface area (Å²) >= 11 is 0. The summed E-state index contributed by atoms with van der Waals surface area (Å²) in [4.78, 5) is 4.32. The maximum atomic E-state index is 5.58. The molecule has 0 aliphatic rings. The topological polar surface area (TPSA) is 50.9 Å². The lowest BCUT2D eigenvalue weighted by atomic mass is 10.0. The average Bonchev–Trinajstić information content (AvgIpc) is 2.42. The third-order valence-electron chi connectivity index (χ3n) is 2.81. The molecule has 2 aromatic rings. The van der Waals surface area contributed by atoms with E-state index in [-0.39, 0.29) is 6.04 Å². The lowest BCUT2D eigenvalue weighted by Crippen LogP contribution is -2.29. The molecule has 3 N–H and O–H groups in total. The van der Waals surface area contributed by atoms with Gasteiger partial charge in [0, 0.05) is 6.20 Å². The highest BCUT2D eigenvalue weighted by atomic mass is 15.2. The van der Waals surface area contributed by atoms with E-state index in [2.05, 4.69) is 34.7 Å². The minimum Gasteiger partial charge on any atom is -0.271 e. The van der Waals surface area contributed by atoms with Crippen LogP contribution in [0.25, 0.3) is 0 Å². The number of nitrogens with two attached hydrogens (primary N) is 1. The lowest BCUT2D eigenvalue weighted by Gasteiger charge is -2.14. The Labute approximate surface area is 102 Å². The first kappa shape index (κ1) is 11.8. The number of hydrazine groups is 1. The Morgan fingerprint density at radius 1 is 1.06 bits per heavy atom. The summed E-state index contributed by atoms with van der Waals surface area (Å²) in [6.45, 7) is 0. The van der Waals surface area contributed by atoms with Crippen molar-refractivity contribution in [1.29, 1.82) is 0 Å². The highest BCUT2D eigenvalue weighted by Gasteiger charge is 2.10. The number of hydrogen-bond donors (Lipinski definition) is 2. The molecule has 0 aliphatic carbocycles. The smallest absolute Gasteiger partial charge is 0.0635 e. The number of aromatic nitrogens is 1. The van der Waals surface area contributed by atoms with E-state index in [1.165, 1.54) is 5.56 Å². The Morgan fingerprint density at radius 3 is 2.47 bits per heavy atom. The van der Waals surface area contributed by atoms with Crippen molar-refractivity contribution in [1.82, 2.24) is 10.4 Å². The normalized spacial score (nSPS) is 12.3. The van der Waals surface area contributed by atoms with Gasteiger partial charge in [0.1, 0.15) is 0 Å². The second kappa shape index (κ2) is 6.13. The minimum atomic E-state index is 0.108. The fourth-order valence-electron chi connectivity index (χ4n) is 1.85. The summed E-state index contributed by atoms with van der Waals surface area (Å²) in [6, 6.07) is 16.4. The number of rotatable bonds is 5. The summed E-state index contributed by atoms with van der Waals surface area (Å²) in [5.74, 6) is 5.58. The zero-order chi connectivity index (χ0) is 11.9. The summed E-state index contributed by atoms with van der Waals surface area (Å²) in [7, 11) is 0. The molecule has 3 nitrogen and oxygen atoms in total. The molecule has 3 heteroatoms. The van der Waals surface area contributed by atoms with Crippen LogP contribution in [0.3, 0.4) is 0 Å². The van der Waals surface area contributed by atoms with Crippen molar-refractivity contribution in [2.75, 3.05) is 0 Å². The van der Waals surface area contributed by atoms with Crippen LogP contribution in [0.4, 0.5) is 0 Å². The van der Waals surface area contributed by atoms with Gasteiger partial charge < -0.3 is 0 Å². The van der Waals surface area contributed by atoms with Gasteiger partial charge in [-0.1, -0.05) is 36.4 Å². The fourth-order valence-corrected chi connectivity index (χ4v) is 1.85. The van der Waals surface area contributed by atoms with Gasteiger partial charge in [0.15, 0.2) is 0 Å². The molecule has 1 aromatic carbocycles.